The molecule has 34 heavy (non-hydrogen) atoms. The quantitative estimate of drug-likeness (QED) is 0.388. The lowest BCUT2D eigenvalue weighted by Gasteiger charge is -2.24. The first-order chi connectivity index (χ1) is 16.5. The summed E-state index contributed by atoms with van der Waals surface area (Å²) in [4.78, 5) is 27.1. The van der Waals surface area contributed by atoms with Crippen molar-refractivity contribution in [3.8, 4) is 22.0 Å². The number of hydrogen-bond acceptors (Lipinski definition) is 8. The molecular formula is C25H27N7OS. The van der Waals surface area contributed by atoms with E-state index in [1.54, 1.807) is 11.6 Å². The van der Waals surface area contributed by atoms with Crippen LogP contribution in [0.1, 0.15) is 17.4 Å². The Morgan fingerprint density at radius 1 is 1.00 bits per heavy atom. The topological polar surface area (TPSA) is 87.1 Å². The van der Waals surface area contributed by atoms with Crippen LogP contribution in [-0.4, -0.2) is 64.7 Å². The summed E-state index contributed by atoms with van der Waals surface area (Å²) in [5, 5.41) is 11.8. The zero-order valence-corrected chi connectivity index (χ0v) is 20.3. The molecule has 0 radical (unpaired) electrons. The third-order valence-corrected chi connectivity index (χ3v) is 5.99. The van der Waals surface area contributed by atoms with Gasteiger partial charge in [0.05, 0.1) is 5.69 Å². The summed E-state index contributed by atoms with van der Waals surface area (Å²) in [6, 6.07) is 19.0. The van der Waals surface area contributed by atoms with Crippen LogP contribution in [0, 0.1) is 0 Å². The van der Waals surface area contributed by atoms with Crippen molar-refractivity contribution in [2.24, 2.45) is 0 Å². The minimum absolute atomic E-state index is 0.304. The number of carbonyl (C=O) groups is 1. The molecule has 4 aromatic rings. The van der Waals surface area contributed by atoms with E-state index in [-0.39, 0.29) is 5.91 Å². The summed E-state index contributed by atoms with van der Waals surface area (Å²) in [7, 11) is 4.08. The molecule has 0 aliphatic heterocycles. The summed E-state index contributed by atoms with van der Waals surface area (Å²) in [5.74, 6) is 0.936. The van der Waals surface area contributed by atoms with Crippen molar-refractivity contribution < 1.29 is 4.79 Å². The molecule has 0 aliphatic rings. The Bertz CT molecular complexity index is 1230. The van der Waals surface area contributed by atoms with E-state index < -0.39 is 0 Å². The van der Waals surface area contributed by atoms with E-state index in [0.717, 1.165) is 41.6 Å². The lowest BCUT2D eigenvalue weighted by molar-refractivity contribution is 0.102. The van der Waals surface area contributed by atoms with Crippen LogP contribution in [0.4, 0.5) is 11.5 Å². The van der Waals surface area contributed by atoms with Gasteiger partial charge < -0.3 is 15.1 Å². The number of hydrogen-bond donors (Lipinski definition) is 1. The molecule has 0 spiro atoms. The Labute approximate surface area is 203 Å². The van der Waals surface area contributed by atoms with Crippen LogP contribution in [0.3, 0.4) is 0 Å². The highest BCUT2D eigenvalue weighted by molar-refractivity contribution is 7.12. The van der Waals surface area contributed by atoms with Gasteiger partial charge in [0.25, 0.3) is 5.91 Å². The third kappa shape index (κ3) is 5.62. The average Bonchev–Trinajstić information content (AvgIpc) is 3.40. The fourth-order valence-electron chi connectivity index (χ4n) is 3.44. The van der Waals surface area contributed by atoms with Crippen molar-refractivity contribution in [3.63, 3.8) is 0 Å². The molecule has 0 aliphatic carbocycles. The molecule has 0 saturated carbocycles. The van der Waals surface area contributed by atoms with Crippen molar-refractivity contribution in [2.45, 2.75) is 6.92 Å². The predicted molar refractivity (Wildman–Crippen MR) is 137 cm³/mol. The second-order valence-corrected chi connectivity index (χ2v) is 8.76. The standard InChI is InChI=1S/C25H27N7OS/c1-4-32(15-14-31(2)3)22-16-21(27-23(29-22)18-10-6-5-7-11-18)24(33)28-20-13-9-8-12-19(20)25-30-26-17-34-25/h5-13,16-17H,4,14-15H2,1-3H3,(H,28,33). The number of likely N-dealkylation sites (N-methyl/N-ethyl adjacent to an activating group) is 2. The predicted octanol–water partition coefficient (Wildman–Crippen LogP) is 4.30. The largest absolute Gasteiger partial charge is 0.355 e. The van der Waals surface area contributed by atoms with Gasteiger partial charge in [-0.2, -0.15) is 0 Å². The monoisotopic (exact) mass is 473 g/mol. The summed E-state index contributed by atoms with van der Waals surface area (Å²) >= 11 is 1.42. The maximum absolute atomic E-state index is 13.4. The molecule has 174 valence electrons. The number of anilines is 2. The second kappa shape index (κ2) is 11.0. The highest BCUT2D eigenvalue weighted by Crippen LogP contribution is 2.29. The van der Waals surface area contributed by atoms with Crippen LogP contribution in [-0.2, 0) is 0 Å². The smallest absolute Gasteiger partial charge is 0.274 e. The maximum Gasteiger partial charge on any atom is 0.274 e. The van der Waals surface area contributed by atoms with Gasteiger partial charge in [-0.3, -0.25) is 4.79 Å². The van der Waals surface area contributed by atoms with E-state index in [9.17, 15) is 4.79 Å². The Kier molecular flexibility index (Phi) is 7.56. The number of amides is 1. The third-order valence-electron chi connectivity index (χ3n) is 5.27. The lowest BCUT2D eigenvalue weighted by atomic mass is 10.1. The maximum atomic E-state index is 13.4. The molecule has 9 heteroatoms. The fraction of sp³-hybridized carbons (Fsp3) is 0.240. The van der Waals surface area contributed by atoms with Crippen molar-refractivity contribution >= 4 is 28.7 Å². The van der Waals surface area contributed by atoms with Crippen LogP contribution < -0.4 is 10.2 Å². The number of aromatic nitrogens is 4. The minimum Gasteiger partial charge on any atom is -0.355 e. The van der Waals surface area contributed by atoms with Crippen LogP contribution >= 0.6 is 11.3 Å². The molecule has 0 fully saturated rings. The molecule has 2 aromatic carbocycles. The van der Waals surface area contributed by atoms with Crippen LogP contribution in [0.25, 0.3) is 22.0 Å². The summed E-state index contributed by atoms with van der Waals surface area (Å²) in [5.41, 5.74) is 4.31. The Morgan fingerprint density at radius 2 is 1.76 bits per heavy atom. The van der Waals surface area contributed by atoms with Gasteiger partial charge >= 0.3 is 0 Å². The summed E-state index contributed by atoms with van der Waals surface area (Å²) in [6.45, 7) is 4.50. The highest BCUT2D eigenvalue weighted by atomic mass is 32.1. The molecule has 8 nitrogen and oxygen atoms in total. The van der Waals surface area contributed by atoms with Crippen LogP contribution in [0.15, 0.2) is 66.2 Å². The van der Waals surface area contributed by atoms with E-state index in [4.69, 9.17) is 4.98 Å². The molecule has 2 heterocycles. The number of benzene rings is 2. The molecule has 0 atom stereocenters. The Balaban J connectivity index is 1.70. The van der Waals surface area contributed by atoms with Gasteiger partial charge in [0.2, 0.25) is 0 Å². The van der Waals surface area contributed by atoms with Gasteiger partial charge in [-0.1, -0.05) is 53.8 Å². The van der Waals surface area contributed by atoms with E-state index >= 15 is 0 Å². The zero-order valence-electron chi connectivity index (χ0n) is 19.5. The van der Waals surface area contributed by atoms with Crippen molar-refractivity contribution in [1.82, 2.24) is 25.1 Å². The Morgan fingerprint density at radius 3 is 2.47 bits per heavy atom. The molecule has 1 amide bonds. The molecular weight excluding hydrogens is 446 g/mol. The number of carbonyl (C=O) groups excluding carboxylic acids is 1. The number of nitrogens with zero attached hydrogens (tertiary/aromatic N) is 6. The first-order valence-corrected chi connectivity index (χ1v) is 11.9. The van der Waals surface area contributed by atoms with E-state index in [1.165, 1.54) is 11.3 Å². The molecule has 4 rings (SSSR count). The minimum atomic E-state index is -0.304. The van der Waals surface area contributed by atoms with Gasteiger partial charge in [-0.25, -0.2) is 9.97 Å². The van der Waals surface area contributed by atoms with Crippen LogP contribution in [0.2, 0.25) is 0 Å². The van der Waals surface area contributed by atoms with Gasteiger partial charge in [-0.05, 0) is 33.2 Å². The zero-order chi connectivity index (χ0) is 23.9. The number of para-hydroxylation sites is 1. The van der Waals surface area contributed by atoms with Gasteiger partial charge in [-0.15, -0.1) is 10.2 Å². The first kappa shape index (κ1) is 23.5. The number of nitrogens with one attached hydrogen (secondary N) is 1. The van der Waals surface area contributed by atoms with E-state index in [0.29, 0.717) is 17.2 Å². The lowest BCUT2D eigenvalue weighted by Crippen LogP contribution is -2.32. The molecule has 1 N–H and O–H groups in total. The molecule has 0 bridgehead atoms. The molecule has 0 unspecified atom stereocenters. The van der Waals surface area contributed by atoms with Crippen molar-refractivity contribution in [2.75, 3.05) is 43.9 Å². The highest BCUT2D eigenvalue weighted by Gasteiger charge is 2.18. The van der Waals surface area contributed by atoms with Crippen molar-refractivity contribution in [3.05, 3.63) is 71.9 Å². The summed E-state index contributed by atoms with van der Waals surface area (Å²) < 4.78 is 0. The van der Waals surface area contributed by atoms with Gasteiger partial charge in [0.1, 0.15) is 22.0 Å². The molecule has 2 aromatic heterocycles. The first-order valence-electron chi connectivity index (χ1n) is 11.1. The van der Waals surface area contributed by atoms with Gasteiger partial charge in [0.15, 0.2) is 5.82 Å². The molecule has 0 saturated heterocycles. The number of rotatable bonds is 9. The van der Waals surface area contributed by atoms with Crippen LogP contribution in [0.5, 0.6) is 0 Å². The van der Waals surface area contributed by atoms with E-state index in [1.807, 2.05) is 68.7 Å². The van der Waals surface area contributed by atoms with E-state index in [2.05, 4.69) is 37.2 Å². The van der Waals surface area contributed by atoms with Crippen molar-refractivity contribution in [1.29, 1.82) is 0 Å². The second-order valence-electron chi connectivity index (χ2n) is 7.93. The SMILES string of the molecule is CCN(CCN(C)C)c1cc(C(=O)Nc2ccccc2-c2nncs2)nc(-c2ccccc2)n1. The normalized spacial score (nSPS) is 10.9. The van der Waals surface area contributed by atoms with Gasteiger partial charge in [0, 0.05) is 36.8 Å². The average molecular weight is 474 g/mol. The fourth-order valence-corrected chi connectivity index (χ4v) is 4.03. The Hall–Kier alpha value is -3.69. The summed E-state index contributed by atoms with van der Waals surface area (Å²) in [6.07, 6.45) is 0.